The molecule has 3 rings (SSSR count). The van der Waals surface area contributed by atoms with E-state index in [0.29, 0.717) is 16.8 Å². The Bertz CT molecular complexity index is 750. The van der Waals surface area contributed by atoms with Crippen molar-refractivity contribution in [1.82, 2.24) is 4.98 Å². The first-order valence-corrected chi connectivity index (χ1v) is 8.79. The van der Waals surface area contributed by atoms with Crippen LogP contribution in [-0.2, 0) is 9.47 Å². The van der Waals surface area contributed by atoms with E-state index >= 15 is 0 Å². The number of aromatic nitrogens is 1. The van der Waals surface area contributed by atoms with Gasteiger partial charge in [-0.15, -0.1) is 0 Å². The lowest BCUT2D eigenvalue weighted by Gasteiger charge is -2.22. The van der Waals surface area contributed by atoms with Gasteiger partial charge >= 0.3 is 5.97 Å². The van der Waals surface area contributed by atoms with Crippen molar-refractivity contribution in [1.29, 1.82) is 0 Å². The number of ether oxygens (including phenoxy) is 3. The van der Waals surface area contributed by atoms with Crippen LogP contribution in [0.3, 0.4) is 0 Å². The fourth-order valence-corrected chi connectivity index (χ4v) is 2.91. The van der Waals surface area contributed by atoms with Crippen LogP contribution >= 0.6 is 15.9 Å². The molecule has 5 nitrogen and oxygen atoms in total. The quantitative estimate of drug-likeness (QED) is 0.680. The standard InChI is InChI=1S/C18H17BrFNO4/c19-15-10-12(20)6-7-16(15)25-17-14(5-3-8-21-17)18(22)24-11-13-4-1-2-9-23-13/h3,5-8,10,13H,1-2,4,9,11H2/t13-/m1/s1. The van der Waals surface area contributed by atoms with Gasteiger partial charge in [0.05, 0.1) is 10.6 Å². The van der Waals surface area contributed by atoms with Crippen molar-refractivity contribution >= 4 is 21.9 Å². The van der Waals surface area contributed by atoms with Crippen LogP contribution in [0.1, 0.15) is 29.6 Å². The maximum Gasteiger partial charge on any atom is 0.343 e. The van der Waals surface area contributed by atoms with Crippen molar-refractivity contribution in [2.45, 2.75) is 25.4 Å². The summed E-state index contributed by atoms with van der Waals surface area (Å²) in [5.41, 5.74) is 0.203. The number of hydrogen-bond donors (Lipinski definition) is 0. The Kier molecular flexibility index (Phi) is 5.99. The van der Waals surface area contributed by atoms with Gasteiger partial charge in [-0.2, -0.15) is 0 Å². The number of nitrogens with zero attached hydrogens (tertiary/aromatic N) is 1. The molecule has 1 fully saturated rings. The van der Waals surface area contributed by atoms with E-state index in [1.165, 1.54) is 24.4 Å². The van der Waals surface area contributed by atoms with E-state index < -0.39 is 11.8 Å². The molecule has 132 valence electrons. The summed E-state index contributed by atoms with van der Waals surface area (Å²) in [5, 5.41) is 0. The molecule has 1 saturated heterocycles. The molecule has 1 aliphatic heterocycles. The predicted octanol–water partition coefficient (Wildman–Crippen LogP) is 4.50. The van der Waals surface area contributed by atoms with E-state index in [-0.39, 0.29) is 24.2 Å². The maximum atomic E-state index is 13.2. The number of halogens is 2. The van der Waals surface area contributed by atoms with Crippen LogP contribution in [0.2, 0.25) is 0 Å². The minimum Gasteiger partial charge on any atom is -0.459 e. The first-order valence-electron chi connectivity index (χ1n) is 8.00. The summed E-state index contributed by atoms with van der Waals surface area (Å²) < 4.78 is 30.2. The summed E-state index contributed by atoms with van der Waals surface area (Å²) in [4.78, 5) is 16.5. The Morgan fingerprint density at radius 1 is 1.36 bits per heavy atom. The lowest BCUT2D eigenvalue weighted by molar-refractivity contribution is -0.0301. The van der Waals surface area contributed by atoms with Crippen molar-refractivity contribution < 1.29 is 23.4 Å². The summed E-state index contributed by atoms with van der Waals surface area (Å²) in [6, 6.07) is 7.20. The zero-order valence-corrected chi connectivity index (χ0v) is 15.0. The van der Waals surface area contributed by atoms with Gasteiger partial charge in [0.2, 0.25) is 5.88 Å². The number of hydrogen-bond acceptors (Lipinski definition) is 5. The SMILES string of the molecule is O=C(OC[C@H]1CCCCO1)c1cccnc1Oc1ccc(F)cc1Br. The molecule has 0 bridgehead atoms. The summed E-state index contributed by atoms with van der Waals surface area (Å²) >= 11 is 3.22. The fourth-order valence-electron chi connectivity index (χ4n) is 2.47. The Morgan fingerprint density at radius 3 is 3.00 bits per heavy atom. The number of rotatable bonds is 5. The summed E-state index contributed by atoms with van der Waals surface area (Å²) in [7, 11) is 0. The minimum atomic E-state index is -0.532. The Morgan fingerprint density at radius 2 is 2.24 bits per heavy atom. The van der Waals surface area contributed by atoms with Gasteiger partial charge in [-0.25, -0.2) is 14.2 Å². The molecule has 1 aromatic carbocycles. The van der Waals surface area contributed by atoms with Crippen LogP contribution in [0.15, 0.2) is 41.0 Å². The van der Waals surface area contributed by atoms with Crippen LogP contribution in [0.4, 0.5) is 4.39 Å². The van der Waals surface area contributed by atoms with Crippen molar-refractivity contribution in [3.8, 4) is 11.6 Å². The second-order valence-corrected chi connectivity index (χ2v) is 6.47. The van der Waals surface area contributed by atoms with Gasteiger partial charge in [0, 0.05) is 12.8 Å². The van der Waals surface area contributed by atoms with Crippen LogP contribution in [0.5, 0.6) is 11.6 Å². The number of carbonyl (C=O) groups excluding carboxylic acids is 1. The smallest absolute Gasteiger partial charge is 0.343 e. The minimum absolute atomic E-state index is 0.0648. The molecule has 0 saturated carbocycles. The second kappa shape index (κ2) is 8.40. The van der Waals surface area contributed by atoms with E-state index in [2.05, 4.69) is 20.9 Å². The third-order valence-corrected chi connectivity index (χ3v) is 4.39. The number of esters is 1. The van der Waals surface area contributed by atoms with Crippen LogP contribution in [-0.4, -0.2) is 30.3 Å². The summed E-state index contributed by atoms with van der Waals surface area (Å²) in [6.45, 7) is 0.898. The third kappa shape index (κ3) is 4.76. The fraction of sp³-hybridized carbons (Fsp3) is 0.333. The van der Waals surface area contributed by atoms with Crippen molar-refractivity contribution in [3.05, 3.63) is 52.4 Å². The zero-order valence-electron chi connectivity index (χ0n) is 13.4. The van der Waals surface area contributed by atoms with E-state index in [9.17, 15) is 9.18 Å². The monoisotopic (exact) mass is 409 g/mol. The highest BCUT2D eigenvalue weighted by Crippen LogP contribution is 2.31. The molecule has 1 atom stereocenters. The molecule has 7 heteroatoms. The molecule has 0 radical (unpaired) electrons. The van der Waals surface area contributed by atoms with Crippen molar-refractivity contribution in [2.75, 3.05) is 13.2 Å². The van der Waals surface area contributed by atoms with E-state index in [1.807, 2.05) is 0 Å². The molecule has 0 amide bonds. The van der Waals surface area contributed by atoms with Crippen molar-refractivity contribution in [3.63, 3.8) is 0 Å². The molecule has 2 heterocycles. The van der Waals surface area contributed by atoms with E-state index in [4.69, 9.17) is 14.2 Å². The Labute approximate surface area is 153 Å². The normalized spacial score (nSPS) is 17.1. The molecule has 0 aliphatic carbocycles. The lowest BCUT2D eigenvalue weighted by atomic mass is 10.1. The Balaban J connectivity index is 1.70. The van der Waals surface area contributed by atoms with Gasteiger partial charge in [0.25, 0.3) is 0 Å². The largest absolute Gasteiger partial charge is 0.459 e. The number of benzene rings is 1. The summed E-state index contributed by atoms with van der Waals surface area (Å²) in [6.07, 6.45) is 4.43. The van der Waals surface area contributed by atoms with E-state index in [1.54, 1.807) is 12.1 Å². The van der Waals surface area contributed by atoms with Crippen LogP contribution < -0.4 is 4.74 Å². The molecule has 1 aromatic heterocycles. The van der Waals surface area contributed by atoms with E-state index in [0.717, 1.165) is 19.3 Å². The van der Waals surface area contributed by atoms with Gasteiger partial charge in [-0.05, 0) is 65.5 Å². The van der Waals surface area contributed by atoms with Crippen LogP contribution in [0, 0.1) is 5.82 Å². The third-order valence-electron chi connectivity index (χ3n) is 3.77. The van der Waals surface area contributed by atoms with Gasteiger partial charge < -0.3 is 14.2 Å². The van der Waals surface area contributed by atoms with Gasteiger partial charge in [0.1, 0.15) is 23.7 Å². The highest BCUT2D eigenvalue weighted by Gasteiger charge is 2.20. The molecule has 0 N–H and O–H groups in total. The average Bonchev–Trinajstić information content (AvgIpc) is 2.63. The highest BCUT2D eigenvalue weighted by molar-refractivity contribution is 9.10. The van der Waals surface area contributed by atoms with Gasteiger partial charge in [0.15, 0.2) is 0 Å². The molecule has 0 unspecified atom stereocenters. The first-order chi connectivity index (χ1) is 12.1. The average molecular weight is 410 g/mol. The zero-order chi connectivity index (χ0) is 17.6. The van der Waals surface area contributed by atoms with Crippen LogP contribution in [0.25, 0.3) is 0 Å². The van der Waals surface area contributed by atoms with Gasteiger partial charge in [-0.3, -0.25) is 0 Å². The predicted molar refractivity (Wildman–Crippen MR) is 92.3 cm³/mol. The molecule has 25 heavy (non-hydrogen) atoms. The molecule has 1 aliphatic rings. The topological polar surface area (TPSA) is 57.7 Å². The van der Waals surface area contributed by atoms with Gasteiger partial charge in [-0.1, -0.05) is 0 Å². The summed E-state index contributed by atoms with van der Waals surface area (Å²) in [5.74, 6) is -0.475. The lowest BCUT2D eigenvalue weighted by Crippen LogP contribution is -2.26. The molecular weight excluding hydrogens is 393 g/mol. The first kappa shape index (κ1) is 17.8. The number of pyridine rings is 1. The highest BCUT2D eigenvalue weighted by atomic mass is 79.9. The maximum absolute atomic E-state index is 13.2. The van der Waals surface area contributed by atoms with Crippen molar-refractivity contribution in [2.24, 2.45) is 0 Å². The molecule has 2 aromatic rings. The second-order valence-electron chi connectivity index (χ2n) is 5.62. The number of carbonyl (C=O) groups is 1. The molecular formula is C18H17BrFNO4. The Hall–Kier alpha value is -1.99. The molecule has 0 spiro atoms.